The standard InChI is InChI=1S/C89H94F6N22O12/c1-106-75-48(7-3-11-62(75)116(87(106)124)64-21-23-71(118)102-85(64)122)9-5-31-126-67-35-54-33-51(67)40-110(54)77(50-15-19-53(20-16-50)115-44-61(74(105-115)80(92)93)99-83(120)58-37-96-112-29-26-69(100-81(58)112)109-41-56-34-55(109)45-128-56)78-66-36-57(129-78)42-111(66)70-27-30-113-82(101-70)59(38-97-113)84(121)98-60-43-114(104-73(60)79(90)91)52-17-13-47(14-18-52)39-108-28-25-68(89(94,95)46-108)127-32-6-10-49-8-4-12-63-76(49)107(2)88(125)117(63)65-22-24-72(119)103-86(65)123/h3-4,7-8,11-12,26-27,29-30,37-38,43-44,47,50-57,64-68,77-80H,13-25,28,31-36,39-42,45-46H2,1-2H3,(H,98,121)(H,99,120)(H,102,118,122)(H,103,119,123)/t47?,50?,51?,52?,53?,54?,55-,56-,57-,64?,65?,66-,67?,68?,77?,78?/m1/s1. The summed E-state index contributed by atoms with van der Waals surface area (Å²) >= 11 is 0. The molecule has 3 saturated carbocycles. The smallest absolute Gasteiger partial charge is 0.329 e. The van der Waals surface area contributed by atoms with Gasteiger partial charge in [0.2, 0.25) is 23.6 Å². The van der Waals surface area contributed by atoms with Gasteiger partial charge in [0.05, 0.1) is 119 Å². The number of imidazole rings is 2. The Labute approximate surface area is 732 Å². The van der Waals surface area contributed by atoms with Crippen LogP contribution < -0.4 is 42.4 Å². The first-order valence-corrected chi connectivity index (χ1v) is 44.4. The van der Waals surface area contributed by atoms with Crippen molar-refractivity contribution in [3.63, 3.8) is 0 Å². The Morgan fingerprint density at radius 2 is 1.16 bits per heavy atom. The Morgan fingerprint density at radius 1 is 0.612 bits per heavy atom. The lowest BCUT2D eigenvalue weighted by atomic mass is 9.77. The van der Waals surface area contributed by atoms with Crippen LogP contribution in [0.2, 0.25) is 0 Å². The number of aryl methyl sites for hydroxylation is 2. The number of nitrogens with zero attached hydrogens (tertiary/aromatic N) is 18. The summed E-state index contributed by atoms with van der Waals surface area (Å²) in [6, 6.07) is 11.6. The van der Waals surface area contributed by atoms with Crippen molar-refractivity contribution in [2.75, 3.05) is 79.5 Å². The van der Waals surface area contributed by atoms with Crippen LogP contribution in [-0.2, 0) is 52.2 Å². The van der Waals surface area contributed by atoms with Gasteiger partial charge in [-0.15, -0.1) is 0 Å². The van der Waals surface area contributed by atoms with E-state index in [9.17, 15) is 38.4 Å². The van der Waals surface area contributed by atoms with Crippen molar-refractivity contribution in [3.8, 4) is 23.7 Å². The number of para-hydroxylation sites is 2. The third-order valence-electron chi connectivity index (χ3n) is 28.7. The Bertz CT molecular complexity index is 6430. The number of amides is 6. The van der Waals surface area contributed by atoms with E-state index in [1.807, 2.05) is 18.2 Å². The van der Waals surface area contributed by atoms with Gasteiger partial charge >= 0.3 is 11.4 Å². The van der Waals surface area contributed by atoms with Crippen LogP contribution in [0.1, 0.15) is 189 Å². The molecule has 12 atom stereocenters. The second-order valence-corrected chi connectivity index (χ2v) is 36.3. The van der Waals surface area contributed by atoms with Gasteiger partial charge in [0, 0.05) is 96.5 Å². The van der Waals surface area contributed by atoms with Gasteiger partial charge in [-0.25, -0.2) is 54.9 Å². The molecule has 11 aliphatic rings. The van der Waals surface area contributed by atoms with Crippen LogP contribution in [0.5, 0.6) is 0 Å². The summed E-state index contributed by atoms with van der Waals surface area (Å²) < 4.78 is 129. The average molecular weight is 1780 g/mol. The minimum absolute atomic E-state index is 0.0289. The number of benzene rings is 2. The minimum atomic E-state index is -3.20. The van der Waals surface area contributed by atoms with E-state index in [0.717, 1.165) is 12.8 Å². The number of halogens is 6. The van der Waals surface area contributed by atoms with Crippen LogP contribution in [-0.4, -0.2) is 232 Å². The maximum Gasteiger partial charge on any atom is 0.329 e. The molecule has 4 N–H and O–H groups in total. The average Bonchev–Trinajstić information content (AvgIpc) is 1.59. The van der Waals surface area contributed by atoms with Crippen LogP contribution in [0.15, 0.2) is 95.3 Å². The monoisotopic (exact) mass is 1780 g/mol. The van der Waals surface area contributed by atoms with Gasteiger partial charge in [0.25, 0.3) is 30.6 Å². The zero-order valence-corrected chi connectivity index (χ0v) is 70.6. The topological polar surface area (TPSA) is 350 Å². The quantitative estimate of drug-likeness (QED) is 0.0301. The number of rotatable bonds is 21. The summed E-state index contributed by atoms with van der Waals surface area (Å²) in [5.41, 5.74) is 1.28. The molecule has 0 radical (unpaired) electrons. The molecule has 8 saturated heterocycles. The molecule has 8 aliphatic heterocycles. The largest absolute Gasteiger partial charge is 0.374 e. The molecule has 16 heterocycles. The highest BCUT2D eigenvalue weighted by Gasteiger charge is 2.58. The SMILES string of the molecule is Cn1c(=O)n(C2CCC(=O)NC2=O)c2cccc(C#CCOC3CC4CC3CN4C(C3CCC(n4cc(NC(=O)c5cnn6ccc(N7C[C@H]8C[C@@H]7CO8)nc56)c(C(F)F)n4)CC3)C3O[C@@H]4C[C@H]3N(c3ccn5ncc(C(=O)Nc6cn(C7CCC(CN8CCC(OCC#Cc9cccc%10c9n(C)c(=O)n%10C9CCC(=O)NC9=O)C(F)(F)C8)CC7)nc6C(F)F)c5n3)C4)c21. The fraction of sp³-hybridized carbons (Fsp3) is 0.528. The van der Waals surface area contributed by atoms with Crippen LogP contribution in [0.4, 0.5) is 49.4 Å². The van der Waals surface area contributed by atoms with E-state index in [0.29, 0.717) is 148 Å². The van der Waals surface area contributed by atoms with Crippen molar-refractivity contribution in [3.05, 3.63) is 140 Å². The molecule has 34 nitrogen and oxygen atoms in total. The first kappa shape index (κ1) is 83.8. The van der Waals surface area contributed by atoms with E-state index < -0.39 is 95.8 Å². The summed E-state index contributed by atoms with van der Waals surface area (Å²) in [6.07, 6.45) is 9.50. The van der Waals surface area contributed by atoms with Crippen molar-refractivity contribution in [1.82, 2.24) is 87.5 Å². The lowest BCUT2D eigenvalue weighted by molar-refractivity contribution is -0.169. The maximum atomic E-state index is 15.9. The number of piperidine rings is 4. The molecule has 8 unspecified atom stereocenters. The van der Waals surface area contributed by atoms with Crippen molar-refractivity contribution >= 4 is 91.8 Å². The van der Waals surface area contributed by atoms with Crippen LogP contribution in [0.25, 0.3) is 33.4 Å². The highest BCUT2D eigenvalue weighted by atomic mass is 19.3. The highest BCUT2D eigenvalue weighted by molar-refractivity contribution is 6.09. The predicted octanol–water partition coefficient (Wildman–Crippen LogP) is 7.97. The van der Waals surface area contributed by atoms with Gasteiger partial charge in [0.1, 0.15) is 54.2 Å². The van der Waals surface area contributed by atoms with Crippen molar-refractivity contribution in [2.45, 2.75) is 207 Å². The lowest BCUT2D eigenvalue weighted by Gasteiger charge is -2.49. The number of fused-ring (bicyclic) bond motifs is 10. The minimum Gasteiger partial charge on any atom is -0.374 e. The molecule has 2 aromatic carbocycles. The Morgan fingerprint density at radius 3 is 1.67 bits per heavy atom. The predicted molar refractivity (Wildman–Crippen MR) is 452 cm³/mol. The lowest BCUT2D eigenvalue weighted by Crippen LogP contribution is -2.60. The van der Waals surface area contributed by atoms with Gasteiger partial charge in [-0.05, 0) is 150 Å². The molecule has 129 heavy (non-hydrogen) atoms. The zero-order valence-electron chi connectivity index (χ0n) is 70.6. The Hall–Kier alpha value is -12.1. The fourth-order valence-electron chi connectivity index (χ4n) is 22.6. The number of ether oxygens (including phenoxy) is 4. The highest BCUT2D eigenvalue weighted by Crippen LogP contribution is 2.50. The number of imide groups is 2. The van der Waals surface area contributed by atoms with E-state index in [1.54, 1.807) is 66.4 Å². The molecule has 6 bridgehead atoms. The molecule has 40 heteroatoms. The van der Waals surface area contributed by atoms with Gasteiger partial charge < -0.3 is 39.4 Å². The number of carbonyl (C=O) groups excluding carboxylic acids is 6. The number of morpholine rings is 2. The first-order chi connectivity index (χ1) is 62.4. The summed E-state index contributed by atoms with van der Waals surface area (Å²) in [5, 5.41) is 27.7. The van der Waals surface area contributed by atoms with E-state index in [1.165, 1.54) is 56.8 Å². The summed E-state index contributed by atoms with van der Waals surface area (Å²) in [4.78, 5) is 124. The normalized spacial score (nSPS) is 27.7. The molecule has 10 aromatic rings. The van der Waals surface area contributed by atoms with Crippen LogP contribution in [0.3, 0.4) is 0 Å². The van der Waals surface area contributed by atoms with E-state index in [2.05, 4.69) is 80.0 Å². The number of carbonyl (C=O) groups is 6. The van der Waals surface area contributed by atoms with E-state index in [4.69, 9.17) is 28.9 Å². The van der Waals surface area contributed by atoms with Gasteiger partial charge in [-0.1, -0.05) is 35.8 Å². The molecule has 11 fully saturated rings. The van der Waals surface area contributed by atoms with E-state index >= 15 is 26.3 Å². The van der Waals surface area contributed by atoms with Gasteiger partial charge in [-0.3, -0.25) is 76.8 Å². The van der Waals surface area contributed by atoms with Gasteiger partial charge in [0.15, 0.2) is 22.7 Å². The summed E-state index contributed by atoms with van der Waals surface area (Å²) in [7, 11) is 3.18. The first-order valence-electron chi connectivity index (χ1n) is 44.4. The molecule has 0 spiro atoms. The maximum absolute atomic E-state index is 15.9. The molecule has 21 rings (SSSR count). The van der Waals surface area contributed by atoms with Crippen molar-refractivity contribution in [2.24, 2.45) is 31.8 Å². The molecular formula is C89H94F6N22O12. The fourth-order valence-corrected chi connectivity index (χ4v) is 22.6. The molecule has 6 amide bonds. The molecule has 8 aromatic heterocycles. The number of anilines is 4. The van der Waals surface area contributed by atoms with E-state index in [-0.39, 0.29) is 163 Å². The summed E-state index contributed by atoms with van der Waals surface area (Å²) in [5.74, 6) is 7.18. The van der Waals surface area contributed by atoms with Gasteiger partial charge in [-0.2, -0.15) is 20.4 Å². The number of nitrogens with one attached hydrogen (secondary N) is 4. The molecule has 3 aliphatic carbocycles. The summed E-state index contributed by atoms with van der Waals surface area (Å²) in [6.45, 7) is 2.44. The van der Waals surface area contributed by atoms with Crippen molar-refractivity contribution < 1.29 is 74.1 Å². The Kier molecular flexibility index (Phi) is 21.7. The number of alkyl halides is 6. The third kappa shape index (κ3) is 15.4. The number of aromatic nitrogens is 14. The Balaban J connectivity index is 0.476. The third-order valence-corrected chi connectivity index (χ3v) is 28.7. The van der Waals surface area contributed by atoms with Crippen molar-refractivity contribution in [1.29, 1.82) is 0 Å². The molecule has 674 valence electrons. The van der Waals surface area contributed by atoms with Crippen LogP contribution >= 0.6 is 0 Å². The number of hydrogen-bond acceptors (Lipinski definition) is 22. The second kappa shape index (κ2) is 33.5. The second-order valence-electron chi connectivity index (χ2n) is 36.3. The molecular weight excluding hydrogens is 1680 g/mol. The van der Waals surface area contributed by atoms with Crippen LogP contribution in [0, 0.1) is 41.4 Å². The number of likely N-dealkylation sites (tertiary alicyclic amines) is 2. The zero-order chi connectivity index (χ0) is 88.7. The number of hydrogen-bond donors (Lipinski definition) is 4.